The highest BCUT2D eigenvalue weighted by Gasteiger charge is 2.17. The zero-order chi connectivity index (χ0) is 22.9. The Bertz CT molecular complexity index is 1050. The van der Waals surface area contributed by atoms with Gasteiger partial charge >= 0.3 is 5.97 Å². The molecule has 0 fully saturated rings. The smallest absolute Gasteiger partial charge is 0.333 e. The Hall–Kier alpha value is -3.37. The van der Waals surface area contributed by atoms with Gasteiger partial charge in [0.2, 0.25) is 0 Å². The number of ether oxygens (including phenoxy) is 2. The summed E-state index contributed by atoms with van der Waals surface area (Å²) in [5.41, 5.74) is 6.95. The van der Waals surface area contributed by atoms with Crippen molar-refractivity contribution in [2.45, 2.75) is 33.3 Å². The fourth-order valence-corrected chi connectivity index (χ4v) is 3.54. The molecule has 1 atom stereocenters. The molecule has 3 aromatic carbocycles. The van der Waals surface area contributed by atoms with Crippen LogP contribution in [0, 0.1) is 6.92 Å². The number of carbonyl (C=O) groups is 1. The van der Waals surface area contributed by atoms with Gasteiger partial charge in [0, 0.05) is 13.0 Å². The fourth-order valence-electron chi connectivity index (χ4n) is 3.54. The van der Waals surface area contributed by atoms with E-state index in [-0.39, 0.29) is 0 Å². The number of aliphatic carboxylic acids is 1. The van der Waals surface area contributed by atoms with E-state index < -0.39 is 12.1 Å². The highest BCUT2D eigenvalue weighted by atomic mass is 16.5. The van der Waals surface area contributed by atoms with E-state index >= 15 is 0 Å². The summed E-state index contributed by atoms with van der Waals surface area (Å²) in [6, 6.07) is 24.5. The fraction of sp³-hybridized carbons (Fsp3) is 0.250. The number of carboxylic acid groups (broad SMARTS) is 1. The molecule has 32 heavy (non-hydrogen) atoms. The maximum atomic E-state index is 11.2. The second kappa shape index (κ2) is 11.3. The summed E-state index contributed by atoms with van der Waals surface area (Å²) in [6.07, 6.45) is 1.57. The predicted octanol–water partition coefficient (Wildman–Crippen LogP) is 6.18. The van der Waals surface area contributed by atoms with Gasteiger partial charge in [-0.1, -0.05) is 60.7 Å². The van der Waals surface area contributed by atoms with Crippen molar-refractivity contribution in [2.75, 3.05) is 13.2 Å². The Kier molecular flexibility index (Phi) is 8.23. The maximum Gasteiger partial charge on any atom is 0.333 e. The zero-order valence-corrected chi connectivity index (χ0v) is 18.9. The van der Waals surface area contributed by atoms with Crippen LogP contribution in [-0.4, -0.2) is 30.4 Å². The first-order valence-corrected chi connectivity index (χ1v) is 10.9. The van der Waals surface area contributed by atoms with Crippen molar-refractivity contribution in [2.24, 2.45) is 0 Å². The third-order valence-electron chi connectivity index (χ3n) is 5.42. The van der Waals surface area contributed by atoms with Crippen molar-refractivity contribution in [1.82, 2.24) is 0 Å². The monoisotopic (exact) mass is 430 g/mol. The molecule has 0 bridgehead atoms. The minimum Gasteiger partial charge on any atom is -0.490 e. The molecule has 3 rings (SSSR count). The van der Waals surface area contributed by atoms with Crippen molar-refractivity contribution in [3.63, 3.8) is 0 Å². The number of hydrogen-bond donors (Lipinski definition) is 1. The Labute approximate surface area is 190 Å². The molecule has 3 aromatic rings. The Morgan fingerprint density at radius 2 is 1.69 bits per heavy atom. The summed E-state index contributed by atoms with van der Waals surface area (Å²) in [7, 11) is 0. The molecule has 0 aliphatic rings. The molecule has 0 aliphatic carbocycles. The molecule has 0 radical (unpaired) electrons. The van der Waals surface area contributed by atoms with Crippen LogP contribution in [0.15, 0.2) is 78.9 Å². The Morgan fingerprint density at radius 3 is 2.31 bits per heavy atom. The third-order valence-corrected chi connectivity index (χ3v) is 5.42. The number of carboxylic acids is 1. The molecule has 4 heteroatoms. The molecule has 166 valence electrons. The van der Waals surface area contributed by atoms with Gasteiger partial charge in [0.05, 0.1) is 0 Å². The van der Waals surface area contributed by atoms with Crippen LogP contribution >= 0.6 is 0 Å². The standard InChI is InChI=1S/C28H30O4/c1-4-31-27(28(29)30)19-22-9-15-25(16-10-22)32-18-17-20(2)23-11-13-24(14-12-23)26-8-6-5-7-21(26)3/h5-17,27H,4,18-19H2,1-3H3,(H,29,30)/b20-17-/t27-/m0/s1. The molecule has 0 heterocycles. The van der Waals surface area contributed by atoms with Crippen LogP contribution in [0.5, 0.6) is 5.75 Å². The SMILES string of the molecule is CCO[C@@H](Cc1ccc(OC/C=C(/C)c2ccc(-c3ccccc3C)cc2)cc1)C(=O)O. The minimum atomic E-state index is -0.945. The largest absolute Gasteiger partial charge is 0.490 e. The summed E-state index contributed by atoms with van der Waals surface area (Å²) in [4.78, 5) is 11.2. The lowest BCUT2D eigenvalue weighted by atomic mass is 9.98. The third kappa shape index (κ3) is 6.32. The first-order chi connectivity index (χ1) is 15.5. The number of hydrogen-bond acceptors (Lipinski definition) is 3. The first-order valence-electron chi connectivity index (χ1n) is 10.9. The van der Waals surface area contributed by atoms with E-state index in [4.69, 9.17) is 9.47 Å². The highest BCUT2D eigenvalue weighted by Crippen LogP contribution is 2.25. The average Bonchev–Trinajstić information content (AvgIpc) is 2.80. The summed E-state index contributed by atoms with van der Waals surface area (Å²) < 4.78 is 11.1. The van der Waals surface area contributed by atoms with E-state index in [0.717, 1.165) is 22.4 Å². The van der Waals surface area contributed by atoms with Crippen molar-refractivity contribution in [3.05, 3.63) is 95.6 Å². The molecular weight excluding hydrogens is 400 g/mol. The summed E-state index contributed by atoms with van der Waals surface area (Å²) >= 11 is 0. The van der Waals surface area contributed by atoms with Crippen LogP contribution in [0.2, 0.25) is 0 Å². The molecule has 0 aromatic heterocycles. The quantitative estimate of drug-likeness (QED) is 0.417. The topological polar surface area (TPSA) is 55.8 Å². The lowest BCUT2D eigenvalue weighted by Gasteiger charge is -2.12. The lowest BCUT2D eigenvalue weighted by Crippen LogP contribution is -2.26. The molecule has 0 saturated heterocycles. The van der Waals surface area contributed by atoms with Gasteiger partial charge in [0.15, 0.2) is 6.10 Å². The van der Waals surface area contributed by atoms with Gasteiger partial charge in [-0.15, -0.1) is 0 Å². The number of rotatable bonds is 10. The van der Waals surface area contributed by atoms with Gasteiger partial charge in [0.1, 0.15) is 12.4 Å². The number of benzene rings is 3. The van der Waals surface area contributed by atoms with E-state index in [1.54, 1.807) is 6.92 Å². The van der Waals surface area contributed by atoms with E-state index in [1.165, 1.54) is 16.7 Å². The van der Waals surface area contributed by atoms with Crippen LogP contribution in [0.4, 0.5) is 0 Å². The van der Waals surface area contributed by atoms with Gasteiger partial charge in [0.25, 0.3) is 0 Å². The molecule has 0 spiro atoms. The van der Waals surface area contributed by atoms with Gasteiger partial charge < -0.3 is 14.6 Å². The Balaban J connectivity index is 1.56. The molecule has 0 saturated carbocycles. The molecule has 1 N–H and O–H groups in total. The Morgan fingerprint density at radius 1 is 1.00 bits per heavy atom. The number of allylic oxidation sites excluding steroid dienone is 1. The van der Waals surface area contributed by atoms with Crippen molar-refractivity contribution in [1.29, 1.82) is 0 Å². The molecule has 4 nitrogen and oxygen atoms in total. The van der Waals surface area contributed by atoms with Crippen LogP contribution in [0.1, 0.15) is 30.5 Å². The minimum absolute atomic E-state index is 0.334. The molecular formula is C28H30O4. The van der Waals surface area contributed by atoms with Crippen LogP contribution < -0.4 is 4.74 Å². The zero-order valence-electron chi connectivity index (χ0n) is 18.9. The van der Waals surface area contributed by atoms with Gasteiger partial charge in [-0.2, -0.15) is 0 Å². The number of aryl methyl sites for hydroxylation is 1. The van der Waals surface area contributed by atoms with Crippen LogP contribution in [-0.2, 0) is 16.0 Å². The molecule has 0 amide bonds. The van der Waals surface area contributed by atoms with Crippen LogP contribution in [0.25, 0.3) is 16.7 Å². The van der Waals surface area contributed by atoms with Gasteiger partial charge in [-0.3, -0.25) is 0 Å². The van der Waals surface area contributed by atoms with E-state index in [0.29, 0.717) is 19.6 Å². The second-order valence-electron chi connectivity index (χ2n) is 7.72. The first kappa shape index (κ1) is 23.3. The van der Waals surface area contributed by atoms with E-state index in [1.807, 2.05) is 24.3 Å². The summed E-state index contributed by atoms with van der Waals surface area (Å²) in [5, 5.41) is 9.21. The normalized spacial score (nSPS) is 12.4. The predicted molar refractivity (Wildman–Crippen MR) is 129 cm³/mol. The van der Waals surface area contributed by atoms with E-state index in [9.17, 15) is 9.90 Å². The van der Waals surface area contributed by atoms with Gasteiger partial charge in [-0.05, 0) is 72.4 Å². The summed E-state index contributed by atoms with van der Waals surface area (Å²) in [6.45, 7) is 6.83. The molecule has 0 aliphatic heterocycles. The molecule has 0 unspecified atom stereocenters. The highest BCUT2D eigenvalue weighted by molar-refractivity contribution is 5.73. The van der Waals surface area contributed by atoms with Crippen molar-refractivity contribution >= 4 is 11.5 Å². The van der Waals surface area contributed by atoms with Crippen molar-refractivity contribution < 1.29 is 19.4 Å². The van der Waals surface area contributed by atoms with Crippen molar-refractivity contribution in [3.8, 4) is 16.9 Å². The lowest BCUT2D eigenvalue weighted by molar-refractivity contribution is -0.149. The summed E-state index contributed by atoms with van der Waals surface area (Å²) in [5.74, 6) is -0.198. The average molecular weight is 431 g/mol. The van der Waals surface area contributed by atoms with Gasteiger partial charge in [-0.25, -0.2) is 4.79 Å². The second-order valence-corrected chi connectivity index (χ2v) is 7.72. The van der Waals surface area contributed by atoms with E-state index in [2.05, 4.69) is 68.5 Å². The van der Waals surface area contributed by atoms with Crippen LogP contribution in [0.3, 0.4) is 0 Å². The maximum absolute atomic E-state index is 11.2.